The number of rotatable bonds is 12. The van der Waals surface area contributed by atoms with E-state index in [1.807, 2.05) is 0 Å². The summed E-state index contributed by atoms with van der Waals surface area (Å²) in [5.74, 6) is -0.219. The molecule has 0 aromatic heterocycles. The van der Waals surface area contributed by atoms with Gasteiger partial charge in [-0.2, -0.15) is 0 Å². The molecule has 0 atom stereocenters. The zero-order valence-electron chi connectivity index (χ0n) is 22.2. The normalized spacial score (nSPS) is 13.1. The molecule has 11 heteroatoms. The van der Waals surface area contributed by atoms with Gasteiger partial charge in [0.05, 0.1) is 30.5 Å². The lowest BCUT2D eigenvalue weighted by atomic mass is 10.2. The number of nitrogens with one attached hydrogen (secondary N) is 2. The van der Waals surface area contributed by atoms with E-state index in [1.54, 1.807) is 80.9 Å². The molecule has 0 unspecified atom stereocenters. The van der Waals surface area contributed by atoms with Crippen molar-refractivity contribution in [1.29, 1.82) is 0 Å². The Hall–Kier alpha value is -3.99. The molecular weight excluding hydrogens is 554 g/mol. The Kier molecular flexibility index (Phi) is 9.70. The van der Waals surface area contributed by atoms with Crippen LogP contribution in [0.5, 0.6) is 11.5 Å². The Morgan fingerprint density at radius 3 is 2.48 bits per heavy atom. The summed E-state index contributed by atoms with van der Waals surface area (Å²) in [4.78, 5) is 41.7. The Morgan fingerprint density at radius 1 is 0.950 bits per heavy atom. The van der Waals surface area contributed by atoms with Gasteiger partial charge in [0.1, 0.15) is 22.1 Å². The van der Waals surface area contributed by atoms with Crippen LogP contribution in [0.4, 0.5) is 11.4 Å². The zero-order valence-corrected chi connectivity index (χ0v) is 23.7. The van der Waals surface area contributed by atoms with Gasteiger partial charge in [-0.25, -0.2) is 0 Å². The average molecular weight is 582 g/mol. The van der Waals surface area contributed by atoms with Gasteiger partial charge < -0.3 is 24.8 Å². The molecule has 0 fully saturated rings. The van der Waals surface area contributed by atoms with Crippen LogP contribution in [-0.4, -0.2) is 57.1 Å². The summed E-state index contributed by atoms with van der Waals surface area (Å²) < 4.78 is 15.8. The largest absolute Gasteiger partial charge is 0.497 e. The van der Waals surface area contributed by atoms with Crippen molar-refractivity contribution in [3.05, 3.63) is 87.9 Å². The third kappa shape index (κ3) is 6.59. The lowest BCUT2D eigenvalue weighted by Gasteiger charge is -2.15. The van der Waals surface area contributed by atoms with E-state index in [0.29, 0.717) is 51.4 Å². The number of nitrogens with zero attached hydrogens (tertiary/aromatic N) is 1. The highest BCUT2D eigenvalue weighted by molar-refractivity contribution is 8.04. The molecule has 0 saturated heterocycles. The van der Waals surface area contributed by atoms with Gasteiger partial charge in [-0.15, -0.1) is 0 Å². The maximum Gasteiger partial charge on any atom is 0.278 e. The monoisotopic (exact) mass is 581 g/mol. The Labute approximate surface area is 241 Å². The van der Waals surface area contributed by atoms with Gasteiger partial charge in [-0.3, -0.25) is 19.3 Å². The second-order valence-electron chi connectivity index (χ2n) is 8.57. The number of methoxy groups -OCH3 is 3. The predicted molar refractivity (Wildman–Crippen MR) is 155 cm³/mol. The Bertz CT molecular complexity index is 1460. The maximum absolute atomic E-state index is 13.5. The molecule has 3 aromatic carbocycles. The van der Waals surface area contributed by atoms with Gasteiger partial charge in [0.25, 0.3) is 17.7 Å². The Balaban J connectivity index is 1.63. The number of imide groups is 1. The molecule has 0 saturated carbocycles. The van der Waals surface area contributed by atoms with Crippen molar-refractivity contribution in [3.63, 3.8) is 0 Å². The molecule has 2 N–H and O–H groups in total. The molecule has 0 aliphatic carbocycles. The molecule has 3 amide bonds. The van der Waals surface area contributed by atoms with Crippen LogP contribution in [-0.2, 0) is 14.3 Å². The summed E-state index contributed by atoms with van der Waals surface area (Å²) in [6.45, 7) is 0.607. The van der Waals surface area contributed by atoms with Crippen molar-refractivity contribution in [2.75, 3.05) is 45.1 Å². The highest BCUT2D eigenvalue weighted by atomic mass is 35.5. The molecule has 208 valence electrons. The predicted octanol–water partition coefficient (Wildman–Crippen LogP) is 5.43. The SMILES string of the molecule is COCCCN1C(=O)C(Nc2ccc(OC)cc2OC)=C(Sc2cccc(NC(=O)c3ccccc3Cl)c2)C1=O. The smallest absolute Gasteiger partial charge is 0.278 e. The summed E-state index contributed by atoms with van der Waals surface area (Å²) in [6, 6.07) is 18.9. The summed E-state index contributed by atoms with van der Waals surface area (Å²) in [7, 11) is 4.61. The third-order valence-electron chi connectivity index (χ3n) is 5.95. The van der Waals surface area contributed by atoms with Crippen molar-refractivity contribution in [2.45, 2.75) is 11.3 Å². The number of thioether (sulfide) groups is 1. The van der Waals surface area contributed by atoms with E-state index in [4.69, 9.17) is 25.8 Å². The Morgan fingerprint density at radius 2 is 1.75 bits per heavy atom. The number of ether oxygens (including phenoxy) is 3. The molecule has 3 aromatic rings. The second-order valence-corrected chi connectivity index (χ2v) is 10.1. The molecule has 1 heterocycles. The quantitative estimate of drug-likeness (QED) is 0.215. The van der Waals surface area contributed by atoms with Crippen LogP contribution in [0.25, 0.3) is 0 Å². The van der Waals surface area contributed by atoms with E-state index < -0.39 is 11.8 Å². The number of benzene rings is 3. The fraction of sp³-hybridized carbons (Fsp3) is 0.207. The van der Waals surface area contributed by atoms with Gasteiger partial charge in [0.15, 0.2) is 0 Å². The first kappa shape index (κ1) is 29.0. The first-order chi connectivity index (χ1) is 19.4. The molecule has 40 heavy (non-hydrogen) atoms. The minimum Gasteiger partial charge on any atom is -0.497 e. The molecule has 0 radical (unpaired) electrons. The maximum atomic E-state index is 13.5. The number of hydrogen-bond donors (Lipinski definition) is 2. The van der Waals surface area contributed by atoms with Crippen molar-refractivity contribution in [3.8, 4) is 11.5 Å². The van der Waals surface area contributed by atoms with E-state index in [2.05, 4.69) is 10.6 Å². The molecule has 1 aliphatic heterocycles. The van der Waals surface area contributed by atoms with Crippen molar-refractivity contribution in [2.24, 2.45) is 0 Å². The molecule has 9 nitrogen and oxygen atoms in total. The summed E-state index contributed by atoms with van der Waals surface area (Å²) in [5.41, 5.74) is 1.47. The number of halogens is 1. The van der Waals surface area contributed by atoms with E-state index >= 15 is 0 Å². The number of amides is 3. The van der Waals surface area contributed by atoms with Crippen molar-refractivity contribution < 1.29 is 28.6 Å². The average Bonchev–Trinajstić information content (AvgIpc) is 3.17. The highest BCUT2D eigenvalue weighted by Crippen LogP contribution is 2.38. The van der Waals surface area contributed by atoms with Crippen LogP contribution in [0, 0.1) is 0 Å². The van der Waals surface area contributed by atoms with Gasteiger partial charge in [-0.05, 0) is 48.9 Å². The van der Waals surface area contributed by atoms with Gasteiger partial charge in [-0.1, -0.05) is 41.6 Å². The minimum atomic E-state index is -0.454. The number of carbonyl (C=O) groups excluding carboxylic acids is 3. The van der Waals surface area contributed by atoms with Crippen molar-refractivity contribution >= 4 is 52.5 Å². The molecule has 1 aliphatic rings. The van der Waals surface area contributed by atoms with Crippen LogP contribution >= 0.6 is 23.4 Å². The van der Waals surface area contributed by atoms with Crippen LogP contribution in [0.2, 0.25) is 5.02 Å². The third-order valence-corrected chi connectivity index (χ3v) is 7.36. The fourth-order valence-electron chi connectivity index (χ4n) is 3.96. The van der Waals surface area contributed by atoms with E-state index in [1.165, 1.54) is 12.0 Å². The lowest BCUT2D eigenvalue weighted by molar-refractivity contribution is -0.137. The van der Waals surface area contributed by atoms with Crippen LogP contribution in [0.1, 0.15) is 16.8 Å². The highest BCUT2D eigenvalue weighted by Gasteiger charge is 2.39. The second kappa shape index (κ2) is 13.4. The summed E-state index contributed by atoms with van der Waals surface area (Å²) >= 11 is 7.29. The molecule has 0 bridgehead atoms. The summed E-state index contributed by atoms with van der Waals surface area (Å²) in [5, 5.41) is 6.28. The first-order valence-electron chi connectivity index (χ1n) is 12.3. The lowest BCUT2D eigenvalue weighted by Crippen LogP contribution is -2.33. The minimum absolute atomic E-state index is 0.126. The van der Waals surface area contributed by atoms with E-state index in [-0.39, 0.29) is 23.1 Å². The molecular formula is C29H28ClN3O6S. The van der Waals surface area contributed by atoms with Crippen LogP contribution in [0.15, 0.2) is 82.2 Å². The van der Waals surface area contributed by atoms with E-state index in [9.17, 15) is 14.4 Å². The van der Waals surface area contributed by atoms with Gasteiger partial charge >= 0.3 is 0 Å². The number of hydrogen-bond acceptors (Lipinski definition) is 8. The molecule has 0 spiro atoms. The zero-order chi connectivity index (χ0) is 28.6. The number of carbonyl (C=O) groups is 3. The standard InChI is InChI=1S/C29H28ClN3O6S/c1-37-15-7-14-33-28(35)25(32-23-13-12-19(38-2)17-24(23)39-3)26(29(33)36)40-20-9-6-8-18(16-20)31-27(34)21-10-4-5-11-22(21)30/h4-6,8-13,16-17,32H,7,14-15H2,1-3H3,(H,31,34). The molecule has 4 rings (SSSR count). The van der Waals surface area contributed by atoms with Gasteiger partial charge in [0.2, 0.25) is 0 Å². The topological polar surface area (TPSA) is 106 Å². The van der Waals surface area contributed by atoms with E-state index in [0.717, 1.165) is 11.8 Å². The van der Waals surface area contributed by atoms with Crippen LogP contribution < -0.4 is 20.1 Å². The first-order valence-corrected chi connectivity index (χ1v) is 13.5. The number of anilines is 2. The summed E-state index contributed by atoms with van der Waals surface area (Å²) in [6.07, 6.45) is 0.495. The van der Waals surface area contributed by atoms with Gasteiger partial charge in [0, 0.05) is 36.9 Å². The van der Waals surface area contributed by atoms with Crippen LogP contribution in [0.3, 0.4) is 0 Å². The van der Waals surface area contributed by atoms with Crippen molar-refractivity contribution in [1.82, 2.24) is 4.90 Å². The fourth-order valence-corrected chi connectivity index (χ4v) is 5.19.